The Kier molecular flexibility index (Phi) is 5.11. The molecule has 4 aromatic rings. The standard InChI is InChI=1S/C19H16N4OS3/c1-12-16(27-18(21-12)13-7-10-25-11-13)17(24)22-14-3-5-15(6-4-14)26-19-20-8-9-23(19)2/h3-11H,1-2H3,(H,22,24). The molecule has 0 bridgehead atoms. The normalized spacial score (nSPS) is 10.9. The van der Waals surface area contributed by atoms with E-state index in [2.05, 4.69) is 15.3 Å². The Morgan fingerprint density at radius 3 is 2.70 bits per heavy atom. The second kappa shape index (κ2) is 7.67. The molecule has 136 valence electrons. The lowest BCUT2D eigenvalue weighted by Gasteiger charge is -2.06. The minimum absolute atomic E-state index is 0.129. The first-order chi connectivity index (χ1) is 13.1. The summed E-state index contributed by atoms with van der Waals surface area (Å²) < 4.78 is 1.97. The highest BCUT2D eigenvalue weighted by molar-refractivity contribution is 7.99. The van der Waals surface area contributed by atoms with Crippen molar-refractivity contribution >= 4 is 46.0 Å². The Morgan fingerprint density at radius 2 is 2.04 bits per heavy atom. The van der Waals surface area contributed by atoms with Crippen LogP contribution in [0.2, 0.25) is 0 Å². The molecule has 0 fully saturated rings. The summed E-state index contributed by atoms with van der Waals surface area (Å²) in [4.78, 5) is 23.2. The largest absolute Gasteiger partial charge is 0.329 e. The van der Waals surface area contributed by atoms with E-state index < -0.39 is 0 Å². The highest BCUT2D eigenvalue weighted by atomic mass is 32.2. The van der Waals surface area contributed by atoms with Gasteiger partial charge in [-0.15, -0.1) is 11.3 Å². The first-order valence-electron chi connectivity index (χ1n) is 8.17. The summed E-state index contributed by atoms with van der Waals surface area (Å²) in [6, 6.07) is 9.78. The average Bonchev–Trinajstić information content (AvgIpc) is 3.39. The molecule has 0 saturated carbocycles. The average molecular weight is 413 g/mol. The molecule has 0 unspecified atom stereocenters. The van der Waals surface area contributed by atoms with Gasteiger partial charge in [-0.3, -0.25) is 4.79 Å². The molecule has 1 amide bonds. The van der Waals surface area contributed by atoms with Crippen LogP contribution in [0.1, 0.15) is 15.4 Å². The molecule has 8 heteroatoms. The number of aromatic nitrogens is 3. The third kappa shape index (κ3) is 3.97. The maximum Gasteiger partial charge on any atom is 0.267 e. The SMILES string of the molecule is Cc1nc(-c2ccsc2)sc1C(=O)Nc1ccc(Sc2nccn2C)cc1. The van der Waals surface area contributed by atoms with Crippen LogP contribution < -0.4 is 5.32 Å². The van der Waals surface area contributed by atoms with E-state index in [1.54, 1.807) is 29.3 Å². The third-order valence-electron chi connectivity index (χ3n) is 3.87. The second-order valence-electron chi connectivity index (χ2n) is 5.85. The van der Waals surface area contributed by atoms with Crippen molar-refractivity contribution in [2.45, 2.75) is 17.0 Å². The van der Waals surface area contributed by atoms with Crippen LogP contribution >= 0.6 is 34.4 Å². The molecule has 0 aliphatic rings. The predicted octanol–water partition coefficient (Wildman–Crippen LogP) is 5.32. The fourth-order valence-corrected chi connectivity index (χ4v) is 4.94. The molecule has 3 heterocycles. The zero-order valence-electron chi connectivity index (χ0n) is 14.7. The van der Waals surface area contributed by atoms with Gasteiger partial charge in [0.2, 0.25) is 0 Å². The number of nitrogens with one attached hydrogen (secondary N) is 1. The van der Waals surface area contributed by atoms with Crippen LogP contribution in [0.5, 0.6) is 0 Å². The number of hydrogen-bond donors (Lipinski definition) is 1. The van der Waals surface area contributed by atoms with E-state index in [9.17, 15) is 4.79 Å². The zero-order valence-corrected chi connectivity index (χ0v) is 17.1. The van der Waals surface area contributed by atoms with E-state index in [4.69, 9.17) is 0 Å². The molecular formula is C19H16N4OS3. The number of aryl methyl sites for hydroxylation is 2. The molecule has 0 spiro atoms. The van der Waals surface area contributed by atoms with Gasteiger partial charge >= 0.3 is 0 Å². The Hall–Kier alpha value is -2.42. The molecule has 0 aliphatic carbocycles. The van der Waals surface area contributed by atoms with Gasteiger partial charge in [-0.1, -0.05) is 11.8 Å². The molecule has 3 aromatic heterocycles. The number of nitrogens with zero attached hydrogens (tertiary/aromatic N) is 3. The van der Waals surface area contributed by atoms with Crippen LogP contribution in [0.15, 0.2) is 63.5 Å². The second-order valence-corrected chi connectivity index (χ2v) is 8.67. The van der Waals surface area contributed by atoms with Gasteiger partial charge in [-0.05, 0) is 42.6 Å². The topological polar surface area (TPSA) is 59.8 Å². The van der Waals surface area contributed by atoms with E-state index in [-0.39, 0.29) is 5.91 Å². The van der Waals surface area contributed by atoms with Gasteiger partial charge in [-0.25, -0.2) is 9.97 Å². The first kappa shape index (κ1) is 18.0. The molecule has 0 atom stereocenters. The van der Waals surface area contributed by atoms with Gasteiger partial charge in [0, 0.05) is 41.0 Å². The number of thiophene rings is 1. The highest BCUT2D eigenvalue weighted by Gasteiger charge is 2.16. The van der Waals surface area contributed by atoms with Crippen molar-refractivity contribution in [3.63, 3.8) is 0 Å². The van der Waals surface area contributed by atoms with Gasteiger partial charge in [-0.2, -0.15) is 11.3 Å². The van der Waals surface area contributed by atoms with Crippen LogP contribution in [0, 0.1) is 6.92 Å². The van der Waals surface area contributed by atoms with Crippen molar-refractivity contribution in [1.82, 2.24) is 14.5 Å². The molecule has 27 heavy (non-hydrogen) atoms. The Balaban J connectivity index is 1.46. The van der Waals surface area contributed by atoms with Gasteiger partial charge in [0.05, 0.1) is 5.69 Å². The lowest BCUT2D eigenvalue weighted by Crippen LogP contribution is -2.11. The molecule has 0 radical (unpaired) electrons. The minimum Gasteiger partial charge on any atom is -0.329 e. The van der Waals surface area contributed by atoms with Crippen molar-refractivity contribution < 1.29 is 4.79 Å². The molecule has 0 aliphatic heterocycles. The van der Waals surface area contributed by atoms with Crippen molar-refractivity contribution in [2.24, 2.45) is 7.05 Å². The van der Waals surface area contributed by atoms with Crippen molar-refractivity contribution in [3.8, 4) is 10.6 Å². The summed E-state index contributed by atoms with van der Waals surface area (Å²) in [5.41, 5.74) is 2.57. The fourth-order valence-electron chi connectivity index (χ4n) is 2.47. The number of imidazole rings is 1. The van der Waals surface area contributed by atoms with Crippen LogP contribution in [-0.4, -0.2) is 20.4 Å². The van der Waals surface area contributed by atoms with Crippen LogP contribution in [0.4, 0.5) is 5.69 Å². The maximum absolute atomic E-state index is 12.6. The van der Waals surface area contributed by atoms with Crippen molar-refractivity contribution in [3.05, 3.63) is 64.1 Å². The number of hydrogen-bond acceptors (Lipinski definition) is 6. The Bertz CT molecular complexity index is 1070. The molecule has 5 nitrogen and oxygen atoms in total. The summed E-state index contributed by atoms with van der Waals surface area (Å²) >= 11 is 4.62. The van der Waals surface area contributed by atoms with E-state index in [1.807, 2.05) is 65.8 Å². The van der Waals surface area contributed by atoms with Gasteiger partial charge in [0.25, 0.3) is 5.91 Å². The first-order valence-corrected chi connectivity index (χ1v) is 10.7. The van der Waals surface area contributed by atoms with Crippen LogP contribution in [0.3, 0.4) is 0 Å². The van der Waals surface area contributed by atoms with E-state index in [1.165, 1.54) is 11.3 Å². The summed E-state index contributed by atoms with van der Waals surface area (Å²) in [6.45, 7) is 1.87. The maximum atomic E-state index is 12.6. The summed E-state index contributed by atoms with van der Waals surface area (Å²) in [5, 5.41) is 8.81. The number of rotatable bonds is 5. The van der Waals surface area contributed by atoms with Crippen molar-refractivity contribution in [2.75, 3.05) is 5.32 Å². The molecule has 4 rings (SSSR count). The molecule has 1 aromatic carbocycles. The summed E-state index contributed by atoms with van der Waals surface area (Å²) in [5.74, 6) is -0.129. The number of benzene rings is 1. The number of carbonyl (C=O) groups is 1. The fraction of sp³-hybridized carbons (Fsp3) is 0.105. The van der Waals surface area contributed by atoms with E-state index in [0.29, 0.717) is 4.88 Å². The zero-order chi connectivity index (χ0) is 18.8. The van der Waals surface area contributed by atoms with Crippen molar-refractivity contribution in [1.29, 1.82) is 0 Å². The molecule has 1 N–H and O–H groups in total. The highest BCUT2D eigenvalue weighted by Crippen LogP contribution is 2.30. The number of amides is 1. The Labute approximate surface area is 169 Å². The predicted molar refractivity (Wildman–Crippen MR) is 112 cm³/mol. The summed E-state index contributed by atoms with van der Waals surface area (Å²) in [6.07, 6.45) is 3.69. The van der Waals surface area contributed by atoms with Gasteiger partial charge in [0.15, 0.2) is 5.16 Å². The lowest BCUT2D eigenvalue weighted by atomic mass is 10.3. The van der Waals surface area contributed by atoms with Gasteiger partial charge in [0.1, 0.15) is 9.88 Å². The number of carbonyl (C=O) groups excluding carboxylic acids is 1. The van der Waals surface area contributed by atoms with E-state index >= 15 is 0 Å². The summed E-state index contributed by atoms with van der Waals surface area (Å²) in [7, 11) is 1.96. The smallest absolute Gasteiger partial charge is 0.267 e. The number of thiazole rings is 1. The third-order valence-corrected chi connectivity index (χ3v) is 6.84. The Morgan fingerprint density at radius 1 is 1.22 bits per heavy atom. The van der Waals surface area contributed by atoms with Crippen LogP contribution in [0.25, 0.3) is 10.6 Å². The monoisotopic (exact) mass is 412 g/mol. The molecular weight excluding hydrogens is 396 g/mol. The number of anilines is 1. The van der Waals surface area contributed by atoms with Gasteiger partial charge < -0.3 is 9.88 Å². The lowest BCUT2D eigenvalue weighted by molar-refractivity contribution is 0.103. The molecule has 0 saturated heterocycles. The minimum atomic E-state index is -0.129. The van der Waals surface area contributed by atoms with Crippen LogP contribution in [-0.2, 0) is 7.05 Å². The quantitative estimate of drug-likeness (QED) is 0.482. The van der Waals surface area contributed by atoms with E-state index in [0.717, 1.165) is 32.0 Å².